The molecule has 3 aromatic carbocycles. The summed E-state index contributed by atoms with van der Waals surface area (Å²) in [6, 6.07) is 21.6. The summed E-state index contributed by atoms with van der Waals surface area (Å²) in [4.78, 5) is 12.3. The lowest BCUT2D eigenvalue weighted by atomic mass is 10.1. The van der Waals surface area contributed by atoms with Crippen LogP contribution in [0.25, 0.3) is 0 Å². The lowest BCUT2D eigenvalue weighted by Crippen LogP contribution is -2.32. The number of methoxy groups -OCH3 is 1. The van der Waals surface area contributed by atoms with Crippen molar-refractivity contribution in [3.8, 4) is 17.2 Å². The molecule has 8 heteroatoms. The Morgan fingerprint density at radius 1 is 1.00 bits per heavy atom. The van der Waals surface area contributed by atoms with Crippen molar-refractivity contribution in [2.24, 2.45) is 0 Å². The number of nitrogens with one attached hydrogen (secondary N) is 2. The van der Waals surface area contributed by atoms with Crippen molar-refractivity contribution in [1.82, 2.24) is 5.32 Å². The van der Waals surface area contributed by atoms with Crippen LogP contribution in [-0.4, -0.2) is 49.0 Å². The van der Waals surface area contributed by atoms with Crippen molar-refractivity contribution in [3.63, 3.8) is 0 Å². The van der Waals surface area contributed by atoms with Crippen LogP contribution in [0.4, 0.5) is 5.69 Å². The van der Waals surface area contributed by atoms with E-state index in [1.54, 1.807) is 19.2 Å². The molecule has 0 spiro atoms. The van der Waals surface area contributed by atoms with E-state index in [0.29, 0.717) is 24.6 Å². The van der Waals surface area contributed by atoms with Crippen LogP contribution in [0.5, 0.6) is 17.2 Å². The third-order valence-corrected chi connectivity index (χ3v) is 5.03. The smallest absolute Gasteiger partial charge is 0.228 e. The molecular weight excluding hydrogens is 456 g/mol. The fourth-order valence-electron chi connectivity index (χ4n) is 3.28. The van der Waals surface area contributed by atoms with Crippen LogP contribution in [-0.2, 0) is 17.6 Å². The second kappa shape index (κ2) is 14.1. The first-order valence-electron chi connectivity index (χ1n) is 10.8. The van der Waals surface area contributed by atoms with E-state index in [1.165, 1.54) is 12.1 Å². The number of halogens is 1. The number of phenolic OH excluding ortho intramolecular Hbond substituents is 1. The van der Waals surface area contributed by atoms with Gasteiger partial charge in [0.15, 0.2) is 0 Å². The van der Waals surface area contributed by atoms with E-state index in [4.69, 9.17) is 9.47 Å². The molecule has 0 fully saturated rings. The molecule has 0 radical (unpaired) electrons. The molecule has 0 heterocycles. The van der Waals surface area contributed by atoms with Gasteiger partial charge < -0.3 is 30.3 Å². The van der Waals surface area contributed by atoms with Gasteiger partial charge in [-0.1, -0.05) is 30.3 Å². The van der Waals surface area contributed by atoms with Crippen LogP contribution in [0.1, 0.15) is 11.1 Å². The predicted octanol–water partition coefficient (Wildman–Crippen LogP) is 3.58. The Kier molecular flexibility index (Phi) is 11.2. The van der Waals surface area contributed by atoms with Crippen LogP contribution in [0.3, 0.4) is 0 Å². The van der Waals surface area contributed by atoms with Crippen molar-refractivity contribution in [2.45, 2.75) is 18.9 Å². The summed E-state index contributed by atoms with van der Waals surface area (Å²) in [5, 5.41) is 25.4. The summed E-state index contributed by atoms with van der Waals surface area (Å²) in [7, 11) is 1.59. The lowest BCUT2D eigenvalue weighted by molar-refractivity contribution is -0.115. The second-order valence-electron chi connectivity index (χ2n) is 7.65. The Morgan fingerprint density at radius 3 is 2.41 bits per heavy atom. The van der Waals surface area contributed by atoms with E-state index in [2.05, 4.69) is 10.6 Å². The van der Waals surface area contributed by atoms with Gasteiger partial charge in [-0.05, 0) is 61.0 Å². The molecule has 0 aromatic heterocycles. The first kappa shape index (κ1) is 27.0. The minimum absolute atomic E-state index is 0. The number of aliphatic hydroxyl groups is 1. The SMILES string of the molecule is COc1ccccc1CC(=O)Nc1ccc(CCNC[C@H](O)COc2ccc(O)cc2)cc1.Cl. The molecule has 0 aliphatic heterocycles. The Labute approximate surface area is 206 Å². The molecule has 0 saturated carbocycles. The largest absolute Gasteiger partial charge is 0.508 e. The minimum atomic E-state index is -0.639. The average Bonchev–Trinajstić information content (AvgIpc) is 2.83. The Balaban J connectivity index is 0.00000408. The van der Waals surface area contributed by atoms with Gasteiger partial charge in [0.2, 0.25) is 5.91 Å². The van der Waals surface area contributed by atoms with Gasteiger partial charge in [0.25, 0.3) is 0 Å². The van der Waals surface area contributed by atoms with Gasteiger partial charge in [-0.2, -0.15) is 0 Å². The van der Waals surface area contributed by atoms with Crippen molar-refractivity contribution in [3.05, 3.63) is 83.9 Å². The molecule has 34 heavy (non-hydrogen) atoms. The predicted molar refractivity (Wildman–Crippen MR) is 135 cm³/mol. The van der Waals surface area contributed by atoms with E-state index in [9.17, 15) is 15.0 Å². The summed E-state index contributed by atoms with van der Waals surface area (Å²) in [5.74, 6) is 1.37. The summed E-state index contributed by atoms with van der Waals surface area (Å²) >= 11 is 0. The number of rotatable bonds is 12. The normalized spacial score (nSPS) is 11.2. The van der Waals surface area contributed by atoms with Crippen LogP contribution in [0, 0.1) is 0 Å². The maximum absolute atomic E-state index is 12.3. The molecule has 7 nitrogen and oxygen atoms in total. The van der Waals surface area contributed by atoms with E-state index < -0.39 is 6.10 Å². The highest BCUT2D eigenvalue weighted by molar-refractivity contribution is 5.92. The summed E-state index contributed by atoms with van der Waals surface area (Å²) in [6.07, 6.45) is 0.398. The van der Waals surface area contributed by atoms with Gasteiger partial charge in [-0.3, -0.25) is 4.79 Å². The summed E-state index contributed by atoms with van der Waals surface area (Å²) in [6.45, 7) is 1.28. The van der Waals surface area contributed by atoms with Gasteiger partial charge in [0.05, 0.1) is 13.5 Å². The highest BCUT2D eigenvalue weighted by Crippen LogP contribution is 2.19. The number of anilines is 1. The maximum atomic E-state index is 12.3. The fourth-order valence-corrected chi connectivity index (χ4v) is 3.28. The van der Waals surface area contributed by atoms with Crippen molar-refractivity contribution in [1.29, 1.82) is 0 Å². The van der Waals surface area contributed by atoms with E-state index in [0.717, 1.165) is 23.2 Å². The topological polar surface area (TPSA) is 100 Å². The molecule has 0 aliphatic rings. The third-order valence-electron chi connectivity index (χ3n) is 5.03. The first-order valence-corrected chi connectivity index (χ1v) is 10.8. The first-order chi connectivity index (χ1) is 16.0. The second-order valence-corrected chi connectivity index (χ2v) is 7.65. The molecule has 3 aromatic rings. The molecule has 1 amide bonds. The lowest BCUT2D eigenvalue weighted by Gasteiger charge is -2.13. The highest BCUT2D eigenvalue weighted by Gasteiger charge is 2.09. The molecule has 3 rings (SSSR count). The van der Waals surface area contributed by atoms with Crippen LogP contribution >= 0.6 is 12.4 Å². The Bertz CT molecular complexity index is 1010. The summed E-state index contributed by atoms with van der Waals surface area (Å²) < 4.78 is 10.8. The summed E-state index contributed by atoms with van der Waals surface area (Å²) in [5.41, 5.74) is 2.71. The number of aromatic hydroxyl groups is 1. The number of hydrogen-bond donors (Lipinski definition) is 4. The van der Waals surface area contributed by atoms with Crippen LogP contribution in [0.2, 0.25) is 0 Å². The zero-order valence-corrected chi connectivity index (χ0v) is 19.9. The molecule has 182 valence electrons. The van der Waals surface area contributed by atoms with Crippen molar-refractivity contribution >= 4 is 24.0 Å². The molecule has 4 N–H and O–H groups in total. The fraction of sp³-hybridized carbons (Fsp3) is 0.269. The molecular formula is C26H31ClN2O5. The molecule has 1 atom stereocenters. The van der Waals surface area contributed by atoms with E-state index in [-0.39, 0.29) is 37.1 Å². The number of phenols is 1. The number of benzene rings is 3. The van der Waals surface area contributed by atoms with Gasteiger partial charge in [-0.25, -0.2) is 0 Å². The minimum Gasteiger partial charge on any atom is -0.508 e. The average molecular weight is 487 g/mol. The highest BCUT2D eigenvalue weighted by atomic mass is 35.5. The number of hydrogen-bond acceptors (Lipinski definition) is 6. The molecule has 0 unspecified atom stereocenters. The number of ether oxygens (including phenoxy) is 2. The van der Waals surface area contributed by atoms with Gasteiger partial charge in [-0.15, -0.1) is 12.4 Å². The third kappa shape index (κ3) is 8.94. The van der Waals surface area contributed by atoms with Crippen molar-refractivity contribution in [2.75, 3.05) is 32.1 Å². The maximum Gasteiger partial charge on any atom is 0.228 e. The number of para-hydroxylation sites is 1. The van der Waals surface area contributed by atoms with Crippen LogP contribution in [0.15, 0.2) is 72.8 Å². The van der Waals surface area contributed by atoms with Gasteiger partial charge in [0.1, 0.15) is 30.0 Å². The Hall–Kier alpha value is -3.26. The zero-order chi connectivity index (χ0) is 23.5. The quantitative estimate of drug-likeness (QED) is 0.292. The Morgan fingerprint density at radius 2 is 1.71 bits per heavy atom. The zero-order valence-electron chi connectivity index (χ0n) is 19.1. The van der Waals surface area contributed by atoms with Crippen molar-refractivity contribution < 1.29 is 24.5 Å². The monoisotopic (exact) mass is 486 g/mol. The van der Waals surface area contributed by atoms with Gasteiger partial charge >= 0.3 is 0 Å². The van der Waals surface area contributed by atoms with E-state index in [1.807, 2.05) is 48.5 Å². The molecule has 0 bridgehead atoms. The number of amides is 1. The standard InChI is InChI=1S/C26H30N2O5.ClH/c1-32-25-5-3-2-4-20(25)16-26(31)28-21-8-6-19(7-9-21)14-15-27-17-23(30)18-33-24-12-10-22(29)11-13-24;/h2-13,23,27,29-30H,14-18H2,1H3,(H,28,31);1H/t23-;/m0./s1. The van der Waals surface area contributed by atoms with Gasteiger partial charge in [0, 0.05) is 17.8 Å². The molecule has 0 aliphatic carbocycles. The van der Waals surface area contributed by atoms with E-state index >= 15 is 0 Å². The van der Waals surface area contributed by atoms with Crippen LogP contribution < -0.4 is 20.1 Å². The number of carbonyl (C=O) groups excluding carboxylic acids is 1. The molecule has 0 saturated heterocycles. The number of aliphatic hydroxyl groups excluding tert-OH is 1. The number of carbonyl (C=O) groups is 1.